The lowest BCUT2D eigenvalue weighted by Gasteiger charge is -2.14. The van der Waals surface area contributed by atoms with Gasteiger partial charge >= 0.3 is 6.61 Å². The first-order valence-electron chi connectivity index (χ1n) is 8.75. The first-order valence-corrected chi connectivity index (χ1v) is 8.75. The van der Waals surface area contributed by atoms with E-state index < -0.39 is 6.61 Å². The van der Waals surface area contributed by atoms with E-state index in [-0.39, 0.29) is 17.6 Å². The van der Waals surface area contributed by atoms with E-state index in [9.17, 15) is 8.78 Å². The van der Waals surface area contributed by atoms with Crippen molar-refractivity contribution >= 4 is 5.82 Å². The molecule has 4 aliphatic rings. The van der Waals surface area contributed by atoms with E-state index in [1.54, 1.807) is 6.20 Å². The Morgan fingerprint density at radius 3 is 2.60 bits per heavy atom. The van der Waals surface area contributed by atoms with Gasteiger partial charge in [0.15, 0.2) is 11.6 Å². The third-order valence-corrected chi connectivity index (χ3v) is 6.28. The Labute approximate surface area is 144 Å². The van der Waals surface area contributed by atoms with Crippen LogP contribution in [0.4, 0.5) is 14.6 Å². The molecule has 25 heavy (non-hydrogen) atoms. The number of nitrogens with two attached hydrogens (primary N) is 1. The van der Waals surface area contributed by atoms with Crippen molar-refractivity contribution in [1.82, 2.24) is 14.8 Å². The summed E-state index contributed by atoms with van der Waals surface area (Å²) in [4.78, 5) is 3.99. The third kappa shape index (κ3) is 1.86. The second-order valence-electron chi connectivity index (χ2n) is 7.69. The summed E-state index contributed by atoms with van der Waals surface area (Å²) < 4.78 is 31.7. The van der Waals surface area contributed by atoms with Gasteiger partial charge in [0.2, 0.25) is 0 Å². The van der Waals surface area contributed by atoms with Gasteiger partial charge in [-0.05, 0) is 56.6 Å². The van der Waals surface area contributed by atoms with Gasteiger partial charge in [-0.1, -0.05) is 0 Å². The molecule has 2 heterocycles. The lowest BCUT2D eigenvalue weighted by Crippen LogP contribution is -2.14. The molecule has 4 saturated carbocycles. The van der Waals surface area contributed by atoms with E-state index in [1.165, 1.54) is 24.6 Å². The number of alkyl halides is 2. The lowest BCUT2D eigenvalue weighted by molar-refractivity contribution is -0.0494. The monoisotopic (exact) mass is 346 g/mol. The number of nitrogens with zero attached hydrogens (tertiary/aromatic N) is 3. The normalized spacial score (nSPS) is 31.5. The standard InChI is InChI=1S/C18H20F2N4O/c1-8(2)24-14(18-10-3-4-11(18)15(10)18)6-12(23-24)9-5-13(25-17(19)20)16(21)22-7-9/h5-8,10-11,15,17H,3-4H2,1-2H3,(H2,21,22)/t10-,11+,15?,18?. The largest absolute Gasteiger partial charge is 0.431 e. The van der Waals surface area contributed by atoms with Crippen LogP contribution in [-0.2, 0) is 5.41 Å². The van der Waals surface area contributed by atoms with Gasteiger partial charge in [-0.2, -0.15) is 13.9 Å². The quantitative estimate of drug-likeness (QED) is 0.898. The molecule has 4 atom stereocenters. The summed E-state index contributed by atoms with van der Waals surface area (Å²) in [5.41, 5.74) is 8.66. The maximum atomic E-state index is 12.5. The summed E-state index contributed by atoms with van der Waals surface area (Å²) >= 11 is 0. The first kappa shape index (κ1) is 15.1. The SMILES string of the molecule is CC(C)n1nc(-c2cnc(N)c(OC(F)F)c2)cc1C12C3[C@H]1CC[C@@H]32. The van der Waals surface area contributed by atoms with E-state index >= 15 is 0 Å². The van der Waals surface area contributed by atoms with E-state index in [0.29, 0.717) is 11.0 Å². The number of anilines is 1. The number of hydrogen-bond acceptors (Lipinski definition) is 4. The Balaban J connectivity index is 1.55. The van der Waals surface area contributed by atoms with Crippen LogP contribution in [0.25, 0.3) is 11.3 Å². The molecule has 2 unspecified atom stereocenters. The number of hydrogen-bond donors (Lipinski definition) is 1. The van der Waals surface area contributed by atoms with Crippen molar-refractivity contribution in [2.75, 3.05) is 5.73 Å². The predicted octanol–water partition coefficient (Wildman–Crippen LogP) is 3.62. The minimum atomic E-state index is -2.93. The molecule has 2 aromatic heterocycles. The minimum absolute atomic E-state index is 0.0475. The molecule has 5 nitrogen and oxygen atoms in total. The van der Waals surface area contributed by atoms with Gasteiger partial charge in [0.25, 0.3) is 0 Å². The summed E-state index contributed by atoms with van der Waals surface area (Å²) in [5.74, 6) is 2.33. The molecule has 0 spiro atoms. The Hall–Kier alpha value is -2.18. The number of fused-ring (bicyclic) bond motifs is 1. The van der Waals surface area contributed by atoms with Gasteiger partial charge < -0.3 is 10.5 Å². The van der Waals surface area contributed by atoms with Gasteiger partial charge in [0, 0.05) is 28.9 Å². The van der Waals surface area contributed by atoms with Gasteiger partial charge in [-0.25, -0.2) is 4.98 Å². The highest BCUT2D eigenvalue weighted by molar-refractivity contribution is 5.66. The van der Waals surface area contributed by atoms with Crippen LogP contribution in [0.5, 0.6) is 5.75 Å². The molecule has 2 N–H and O–H groups in total. The van der Waals surface area contributed by atoms with Crippen LogP contribution in [0.2, 0.25) is 0 Å². The molecule has 6 rings (SSSR count). The Kier molecular flexibility index (Phi) is 2.84. The first-order chi connectivity index (χ1) is 11.9. The molecule has 132 valence electrons. The number of aromatic nitrogens is 3. The number of rotatable bonds is 5. The van der Waals surface area contributed by atoms with Gasteiger partial charge in [-0.3, -0.25) is 4.68 Å². The fraction of sp³-hybridized carbons (Fsp3) is 0.556. The van der Waals surface area contributed by atoms with Crippen LogP contribution in [0, 0.1) is 17.8 Å². The van der Waals surface area contributed by atoms with Crippen LogP contribution in [-0.4, -0.2) is 21.4 Å². The molecule has 0 aromatic carbocycles. The van der Waals surface area contributed by atoms with Crippen LogP contribution >= 0.6 is 0 Å². The smallest absolute Gasteiger partial charge is 0.387 e. The molecule has 7 heteroatoms. The summed E-state index contributed by atoms with van der Waals surface area (Å²) in [7, 11) is 0. The Bertz CT molecular complexity index is 841. The summed E-state index contributed by atoms with van der Waals surface area (Å²) in [6.07, 6.45) is 4.21. The number of pyridine rings is 1. The predicted molar refractivity (Wildman–Crippen MR) is 88.3 cm³/mol. The van der Waals surface area contributed by atoms with Crippen molar-refractivity contribution in [2.24, 2.45) is 17.8 Å². The van der Waals surface area contributed by atoms with E-state index in [0.717, 1.165) is 23.4 Å². The van der Waals surface area contributed by atoms with Crippen molar-refractivity contribution in [3.63, 3.8) is 0 Å². The number of ether oxygens (including phenoxy) is 1. The molecule has 4 aliphatic carbocycles. The molecule has 0 aliphatic heterocycles. The highest BCUT2D eigenvalue weighted by Gasteiger charge is 2.90. The molecule has 2 bridgehead atoms. The van der Waals surface area contributed by atoms with Crippen molar-refractivity contribution < 1.29 is 13.5 Å². The second-order valence-corrected chi connectivity index (χ2v) is 7.69. The van der Waals surface area contributed by atoms with Crippen molar-refractivity contribution in [3.8, 4) is 17.0 Å². The van der Waals surface area contributed by atoms with E-state index in [4.69, 9.17) is 10.8 Å². The summed E-state index contributed by atoms with van der Waals surface area (Å²) in [6, 6.07) is 3.85. The summed E-state index contributed by atoms with van der Waals surface area (Å²) in [6.45, 7) is 1.30. The van der Waals surface area contributed by atoms with Crippen LogP contribution in [0.15, 0.2) is 18.3 Å². The average Bonchev–Trinajstić information content (AvgIpc) is 3.09. The minimum Gasteiger partial charge on any atom is -0.431 e. The topological polar surface area (TPSA) is 66.0 Å². The Morgan fingerprint density at radius 1 is 1.28 bits per heavy atom. The molecule has 0 radical (unpaired) electrons. The van der Waals surface area contributed by atoms with Gasteiger partial charge in [0.05, 0.1) is 5.69 Å². The Morgan fingerprint density at radius 2 is 2.00 bits per heavy atom. The van der Waals surface area contributed by atoms with E-state index in [1.807, 2.05) is 0 Å². The molecular formula is C18H20F2N4O. The van der Waals surface area contributed by atoms with Crippen molar-refractivity contribution in [1.29, 1.82) is 0 Å². The second kappa shape index (κ2) is 4.71. The number of nitrogen functional groups attached to an aromatic ring is 1. The fourth-order valence-corrected chi connectivity index (χ4v) is 5.25. The van der Waals surface area contributed by atoms with Gasteiger partial charge in [0.1, 0.15) is 0 Å². The zero-order chi connectivity index (χ0) is 17.5. The lowest BCUT2D eigenvalue weighted by atomic mass is 10.0. The molecular weight excluding hydrogens is 326 g/mol. The zero-order valence-electron chi connectivity index (χ0n) is 14.1. The van der Waals surface area contributed by atoms with Crippen molar-refractivity contribution in [2.45, 2.75) is 44.8 Å². The maximum Gasteiger partial charge on any atom is 0.387 e. The van der Waals surface area contributed by atoms with Crippen LogP contribution in [0.3, 0.4) is 0 Å². The highest BCUT2D eigenvalue weighted by atomic mass is 19.3. The molecule has 0 amide bonds. The average molecular weight is 346 g/mol. The van der Waals surface area contributed by atoms with E-state index in [2.05, 4.69) is 34.3 Å². The molecule has 2 aromatic rings. The highest BCUT2D eigenvalue weighted by Crippen LogP contribution is 2.91. The van der Waals surface area contributed by atoms with Crippen LogP contribution in [0.1, 0.15) is 38.4 Å². The summed E-state index contributed by atoms with van der Waals surface area (Å²) in [5, 5.41) is 4.75. The maximum absolute atomic E-state index is 12.5. The molecule has 4 fully saturated rings. The fourth-order valence-electron chi connectivity index (χ4n) is 5.25. The van der Waals surface area contributed by atoms with Crippen molar-refractivity contribution in [3.05, 3.63) is 24.0 Å². The van der Waals surface area contributed by atoms with Crippen LogP contribution < -0.4 is 10.5 Å². The van der Waals surface area contributed by atoms with Gasteiger partial charge in [-0.15, -0.1) is 0 Å². The third-order valence-electron chi connectivity index (χ3n) is 6.28. The zero-order valence-corrected chi connectivity index (χ0v) is 14.1. The molecule has 0 saturated heterocycles. The number of halogens is 2.